The van der Waals surface area contributed by atoms with E-state index in [0.717, 1.165) is 17.1 Å². The largest absolute Gasteiger partial charge is 0.355 e. The van der Waals surface area contributed by atoms with Crippen molar-refractivity contribution in [2.45, 2.75) is 12.8 Å². The lowest BCUT2D eigenvalue weighted by Crippen LogP contribution is -2.27. The van der Waals surface area contributed by atoms with E-state index in [2.05, 4.69) is 15.3 Å². The highest BCUT2D eigenvalue weighted by molar-refractivity contribution is 5.78. The Labute approximate surface area is 139 Å². The molecule has 1 aromatic heterocycles. The average Bonchev–Trinajstić information content (AvgIpc) is 3.07. The second-order valence-corrected chi connectivity index (χ2v) is 5.49. The Morgan fingerprint density at radius 1 is 1.08 bits per heavy atom. The smallest absolute Gasteiger partial charge is 0.224 e. The molecule has 0 atom stereocenters. The molecule has 0 aliphatic carbocycles. The van der Waals surface area contributed by atoms with E-state index in [9.17, 15) is 9.18 Å². The summed E-state index contributed by atoms with van der Waals surface area (Å²) in [6, 6.07) is 16.2. The molecule has 0 fully saturated rings. The number of nitrogens with one attached hydrogen (secondary N) is 2. The van der Waals surface area contributed by atoms with Gasteiger partial charge >= 0.3 is 0 Å². The Morgan fingerprint density at radius 3 is 2.62 bits per heavy atom. The van der Waals surface area contributed by atoms with Crippen LogP contribution in [0.25, 0.3) is 11.4 Å². The number of hydrogen-bond acceptors (Lipinski definition) is 2. The van der Waals surface area contributed by atoms with Gasteiger partial charge in [-0.1, -0.05) is 48.5 Å². The molecule has 0 aliphatic heterocycles. The van der Waals surface area contributed by atoms with E-state index < -0.39 is 0 Å². The second kappa shape index (κ2) is 7.55. The molecule has 1 amide bonds. The monoisotopic (exact) mass is 323 g/mol. The third-order valence-electron chi connectivity index (χ3n) is 3.70. The Balaban J connectivity index is 1.49. The summed E-state index contributed by atoms with van der Waals surface area (Å²) in [7, 11) is 0. The highest BCUT2D eigenvalue weighted by Crippen LogP contribution is 2.14. The minimum absolute atomic E-state index is 0.0465. The topological polar surface area (TPSA) is 57.8 Å². The summed E-state index contributed by atoms with van der Waals surface area (Å²) in [5.74, 6) is 0.264. The quantitative estimate of drug-likeness (QED) is 0.732. The number of carbonyl (C=O) groups is 1. The predicted molar refractivity (Wildman–Crippen MR) is 90.8 cm³/mol. The van der Waals surface area contributed by atoms with Crippen LogP contribution in [0.2, 0.25) is 0 Å². The zero-order valence-electron chi connectivity index (χ0n) is 13.1. The van der Waals surface area contributed by atoms with Gasteiger partial charge in [0.05, 0.1) is 6.42 Å². The molecule has 0 saturated carbocycles. The van der Waals surface area contributed by atoms with E-state index in [1.165, 1.54) is 6.07 Å². The summed E-state index contributed by atoms with van der Waals surface area (Å²) in [6.45, 7) is 0.476. The zero-order valence-corrected chi connectivity index (χ0v) is 13.1. The molecule has 24 heavy (non-hydrogen) atoms. The molecule has 4 nitrogen and oxygen atoms in total. The van der Waals surface area contributed by atoms with Crippen molar-refractivity contribution >= 4 is 5.91 Å². The van der Waals surface area contributed by atoms with Gasteiger partial charge in [-0.15, -0.1) is 0 Å². The van der Waals surface area contributed by atoms with Crippen molar-refractivity contribution in [1.29, 1.82) is 0 Å². The van der Waals surface area contributed by atoms with Crippen molar-refractivity contribution < 1.29 is 9.18 Å². The highest BCUT2D eigenvalue weighted by Gasteiger charge is 2.08. The van der Waals surface area contributed by atoms with Crippen molar-refractivity contribution in [3.63, 3.8) is 0 Å². The summed E-state index contributed by atoms with van der Waals surface area (Å²) in [5, 5.41) is 2.80. The first kappa shape index (κ1) is 15.9. The van der Waals surface area contributed by atoms with Crippen molar-refractivity contribution in [3.05, 3.63) is 77.9 Å². The predicted octanol–water partition coefficient (Wildman–Crippen LogP) is 3.12. The summed E-state index contributed by atoms with van der Waals surface area (Å²) in [4.78, 5) is 19.5. The molecule has 0 spiro atoms. The van der Waals surface area contributed by atoms with E-state index in [0.29, 0.717) is 18.5 Å². The van der Waals surface area contributed by atoms with Crippen LogP contribution < -0.4 is 5.32 Å². The number of aromatic nitrogens is 2. The molecule has 2 N–H and O–H groups in total. The van der Waals surface area contributed by atoms with Crippen LogP contribution in [-0.4, -0.2) is 22.4 Å². The molecule has 3 rings (SSSR count). The van der Waals surface area contributed by atoms with Crippen LogP contribution >= 0.6 is 0 Å². The van der Waals surface area contributed by atoms with Gasteiger partial charge in [0, 0.05) is 30.4 Å². The van der Waals surface area contributed by atoms with E-state index in [-0.39, 0.29) is 18.1 Å². The molecule has 0 bridgehead atoms. The Bertz CT molecular complexity index is 814. The van der Waals surface area contributed by atoms with Crippen LogP contribution in [0, 0.1) is 5.82 Å². The lowest BCUT2D eigenvalue weighted by molar-refractivity contribution is -0.120. The van der Waals surface area contributed by atoms with Crippen LogP contribution in [0.4, 0.5) is 4.39 Å². The van der Waals surface area contributed by atoms with Crippen molar-refractivity contribution in [2.75, 3.05) is 6.54 Å². The summed E-state index contributed by atoms with van der Waals surface area (Å²) >= 11 is 0. The maximum atomic E-state index is 13.5. The van der Waals surface area contributed by atoms with Crippen LogP contribution in [-0.2, 0) is 17.6 Å². The van der Waals surface area contributed by atoms with Crippen LogP contribution in [0.3, 0.4) is 0 Å². The van der Waals surface area contributed by atoms with Crippen molar-refractivity contribution in [2.24, 2.45) is 0 Å². The molecule has 0 aliphatic rings. The normalized spacial score (nSPS) is 10.5. The minimum Gasteiger partial charge on any atom is -0.355 e. The standard InChI is InChI=1S/C19H18FN3O/c20-17-9-5-4-8-15(17)12-18(24)21-11-10-16-13-22-19(23-16)14-6-2-1-3-7-14/h1-9,13H,10-12H2,(H,21,24)(H,22,23). The number of aromatic amines is 1. The summed E-state index contributed by atoms with van der Waals surface area (Å²) in [5.41, 5.74) is 2.37. The molecule has 0 radical (unpaired) electrons. The van der Waals surface area contributed by atoms with Crippen molar-refractivity contribution in [3.8, 4) is 11.4 Å². The lowest BCUT2D eigenvalue weighted by atomic mass is 10.1. The van der Waals surface area contributed by atoms with Gasteiger partial charge in [-0.2, -0.15) is 0 Å². The number of nitrogens with zero attached hydrogens (tertiary/aromatic N) is 1. The Kier molecular flexibility index (Phi) is 5.01. The summed E-state index contributed by atoms with van der Waals surface area (Å²) < 4.78 is 13.5. The number of halogens is 1. The van der Waals surface area contributed by atoms with Crippen LogP contribution in [0.1, 0.15) is 11.3 Å². The SMILES string of the molecule is O=C(Cc1ccccc1F)NCCc1cnc(-c2ccccc2)[nH]1. The van der Waals surface area contributed by atoms with Gasteiger partial charge in [-0.3, -0.25) is 4.79 Å². The first-order valence-corrected chi connectivity index (χ1v) is 7.82. The number of hydrogen-bond donors (Lipinski definition) is 2. The highest BCUT2D eigenvalue weighted by atomic mass is 19.1. The zero-order chi connectivity index (χ0) is 16.8. The van der Waals surface area contributed by atoms with E-state index in [4.69, 9.17) is 0 Å². The molecule has 0 saturated heterocycles. The number of rotatable bonds is 6. The molecular weight excluding hydrogens is 305 g/mol. The maximum Gasteiger partial charge on any atom is 0.224 e. The van der Waals surface area contributed by atoms with Gasteiger partial charge in [0.15, 0.2) is 0 Å². The molecule has 1 heterocycles. The molecule has 5 heteroatoms. The first-order chi connectivity index (χ1) is 11.7. The molecule has 122 valence electrons. The molecule has 2 aromatic carbocycles. The Morgan fingerprint density at radius 2 is 1.83 bits per heavy atom. The minimum atomic E-state index is -0.353. The fourth-order valence-corrected chi connectivity index (χ4v) is 2.44. The fourth-order valence-electron chi connectivity index (χ4n) is 2.44. The van der Waals surface area contributed by atoms with Crippen molar-refractivity contribution in [1.82, 2.24) is 15.3 Å². The fraction of sp³-hybridized carbons (Fsp3) is 0.158. The van der Waals surface area contributed by atoms with E-state index >= 15 is 0 Å². The maximum absolute atomic E-state index is 13.5. The van der Waals surface area contributed by atoms with Gasteiger partial charge in [0.2, 0.25) is 5.91 Å². The molecular formula is C19H18FN3O. The van der Waals surface area contributed by atoms with Crippen LogP contribution in [0.15, 0.2) is 60.8 Å². The van der Waals surface area contributed by atoms with Gasteiger partial charge < -0.3 is 10.3 Å². The Hall–Kier alpha value is -2.95. The lowest BCUT2D eigenvalue weighted by Gasteiger charge is -2.05. The third-order valence-corrected chi connectivity index (χ3v) is 3.70. The number of carbonyl (C=O) groups excluding carboxylic acids is 1. The van der Waals surface area contributed by atoms with Crippen LogP contribution in [0.5, 0.6) is 0 Å². The molecule has 0 unspecified atom stereocenters. The third kappa shape index (κ3) is 4.07. The first-order valence-electron chi connectivity index (χ1n) is 7.82. The number of benzene rings is 2. The van der Waals surface area contributed by atoms with Gasteiger partial charge in [-0.05, 0) is 11.6 Å². The second-order valence-electron chi connectivity index (χ2n) is 5.49. The number of amides is 1. The number of H-pyrrole nitrogens is 1. The average molecular weight is 323 g/mol. The van der Waals surface area contributed by atoms with Gasteiger partial charge in [-0.25, -0.2) is 9.37 Å². The van der Waals surface area contributed by atoms with E-state index in [1.807, 2.05) is 30.3 Å². The van der Waals surface area contributed by atoms with Gasteiger partial charge in [0.25, 0.3) is 0 Å². The molecule has 3 aromatic rings. The summed E-state index contributed by atoms with van der Waals surface area (Å²) in [6.07, 6.45) is 2.46. The van der Waals surface area contributed by atoms with E-state index in [1.54, 1.807) is 24.4 Å². The van der Waals surface area contributed by atoms with Gasteiger partial charge in [0.1, 0.15) is 11.6 Å². The number of imidazole rings is 1.